The normalized spacial score (nSPS) is 33.9. The monoisotopic (exact) mass is 211 g/mol. The molecule has 0 spiro atoms. The van der Waals surface area contributed by atoms with Crippen molar-refractivity contribution in [2.24, 2.45) is 0 Å². The molecule has 2 nitrogen and oxygen atoms in total. The van der Waals surface area contributed by atoms with E-state index in [4.69, 9.17) is 12.3 Å². The molecule has 0 aliphatic carbocycles. The number of hydrogen-bond donors (Lipinski definition) is 0. The van der Waals surface area contributed by atoms with E-state index in [1.165, 1.54) is 6.07 Å². The Morgan fingerprint density at radius 3 is 3.60 bits per heavy atom. The summed E-state index contributed by atoms with van der Waals surface area (Å²) in [6.45, 7) is -6.52. The fraction of sp³-hybridized carbons (Fsp3) is 0.571. The average Bonchev–Trinajstić information content (AvgIpc) is 2.59. The topological polar surface area (TPSA) is 17.8 Å². The Balaban J connectivity index is 3.55. The van der Waals surface area contributed by atoms with Crippen LogP contribution in [0.5, 0.6) is 0 Å². The molecular formula is C7H11BrN2. The van der Waals surface area contributed by atoms with Crippen LogP contribution in [0.25, 0.3) is 0 Å². The van der Waals surface area contributed by atoms with Gasteiger partial charge in [-0.15, -0.1) is 0 Å². The Bertz CT molecular complexity index is 462. The number of rotatable bonds is 2. The molecule has 0 bridgehead atoms. The van der Waals surface area contributed by atoms with Crippen LogP contribution in [0.4, 0.5) is 0 Å². The predicted octanol–water partition coefficient (Wildman–Crippen LogP) is 2.62. The van der Waals surface area contributed by atoms with Crippen LogP contribution in [0.2, 0.25) is 0 Å². The fourth-order valence-electron chi connectivity index (χ4n) is 0.484. The van der Waals surface area contributed by atoms with E-state index >= 15 is 0 Å². The number of hydrogen-bond acceptors (Lipinski definition) is 1. The van der Waals surface area contributed by atoms with Gasteiger partial charge in [-0.25, -0.2) is 0 Å². The first-order valence-electron chi connectivity index (χ1n) is 6.97. The van der Waals surface area contributed by atoms with Gasteiger partial charge >= 0.3 is 0 Å². The van der Waals surface area contributed by atoms with Crippen LogP contribution in [0.3, 0.4) is 0 Å². The van der Waals surface area contributed by atoms with E-state index in [0.29, 0.717) is 4.68 Å². The van der Waals surface area contributed by atoms with Crippen LogP contribution >= 0.6 is 15.9 Å². The second-order valence-electron chi connectivity index (χ2n) is 1.56. The van der Waals surface area contributed by atoms with Crippen LogP contribution in [0.1, 0.15) is 38.4 Å². The standard InChI is InChI=1S/C7H11BrN2/c1-3-6(2)10-5-4-7(8)9-10/h4-6H,3H2,1-2H3/i1D3,2D3,3D2,6D. The quantitative estimate of drug-likeness (QED) is 0.736. The first-order valence-corrected chi connectivity index (χ1v) is 3.26. The number of nitrogens with zero attached hydrogens (tertiary/aromatic N) is 2. The summed E-state index contributed by atoms with van der Waals surface area (Å²) in [5.41, 5.74) is 0. The molecule has 1 rings (SSSR count). The van der Waals surface area contributed by atoms with Gasteiger partial charge in [-0.05, 0) is 35.2 Å². The summed E-state index contributed by atoms with van der Waals surface area (Å²) < 4.78 is 67.4. The molecule has 0 aliphatic rings. The van der Waals surface area contributed by atoms with E-state index < -0.39 is 26.1 Å². The van der Waals surface area contributed by atoms with Crippen molar-refractivity contribution in [1.82, 2.24) is 9.78 Å². The Hall–Kier alpha value is -0.310. The molecular weight excluding hydrogens is 192 g/mol. The summed E-state index contributed by atoms with van der Waals surface area (Å²) in [5.74, 6) is 0. The average molecular weight is 212 g/mol. The summed E-state index contributed by atoms with van der Waals surface area (Å²) in [5, 5.41) is 3.62. The zero-order valence-electron chi connectivity index (χ0n) is 13.9. The highest BCUT2D eigenvalue weighted by atomic mass is 79.9. The molecule has 1 unspecified atom stereocenters. The van der Waals surface area contributed by atoms with E-state index in [9.17, 15) is 0 Å². The van der Waals surface area contributed by atoms with Crippen molar-refractivity contribution in [3.05, 3.63) is 16.9 Å². The van der Waals surface area contributed by atoms with Crippen molar-refractivity contribution < 1.29 is 12.3 Å². The van der Waals surface area contributed by atoms with Gasteiger partial charge in [-0.2, -0.15) is 5.10 Å². The van der Waals surface area contributed by atoms with Gasteiger partial charge in [-0.3, -0.25) is 4.68 Å². The summed E-state index contributed by atoms with van der Waals surface area (Å²) in [6, 6.07) is -1.78. The lowest BCUT2D eigenvalue weighted by atomic mass is 10.3. The Morgan fingerprint density at radius 2 is 3.10 bits per heavy atom. The smallest absolute Gasteiger partial charge is 0.128 e. The summed E-state index contributed by atoms with van der Waals surface area (Å²) in [6.07, 6.45) is -2.27. The van der Waals surface area contributed by atoms with Crippen LogP contribution < -0.4 is 0 Å². The van der Waals surface area contributed by atoms with Crippen LogP contribution in [0, 0.1) is 0 Å². The number of aromatic nitrogens is 2. The highest BCUT2D eigenvalue weighted by molar-refractivity contribution is 9.10. The van der Waals surface area contributed by atoms with E-state index in [-0.39, 0.29) is 4.60 Å². The summed E-state index contributed by atoms with van der Waals surface area (Å²) >= 11 is 2.95. The molecule has 3 heteroatoms. The maximum Gasteiger partial charge on any atom is 0.128 e. The first kappa shape index (κ1) is 2.09. The van der Waals surface area contributed by atoms with Crippen LogP contribution in [0.15, 0.2) is 16.9 Å². The first-order chi connectivity index (χ1) is 8.25. The van der Waals surface area contributed by atoms with Gasteiger partial charge in [0.05, 0.1) is 1.37 Å². The fourth-order valence-corrected chi connectivity index (χ4v) is 0.773. The van der Waals surface area contributed by atoms with Crippen molar-refractivity contribution in [3.63, 3.8) is 0 Å². The molecule has 0 radical (unpaired) electrons. The van der Waals surface area contributed by atoms with Gasteiger partial charge in [-0.1, -0.05) is 6.85 Å². The van der Waals surface area contributed by atoms with Gasteiger partial charge < -0.3 is 0 Å². The maximum absolute atomic E-state index is 7.97. The minimum Gasteiger partial charge on any atom is -0.269 e. The van der Waals surface area contributed by atoms with Gasteiger partial charge in [0.15, 0.2) is 0 Å². The van der Waals surface area contributed by atoms with Gasteiger partial charge in [0.25, 0.3) is 0 Å². The molecule has 1 heterocycles. The van der Waals surface area contributed by atoms with Crippen molar-refractivity contribution in [1.29, 1.82) is 0 Å². The molecule has 1 atom stereocenters. The molecule has 1 aromatic heterocycles. The predicted molar refractivity (Wildman–Crippen MR) is 44.9 cm³/mol. The lowest BCUT2D eigenvalue weighted by molar-refractivity contribution is 0.476. The molecule has 56 valence electrons. The van der Waals surface area contributed by atoms with Crippen molar-refractivity contribution in [2.45, 2.75) is 26.1 Å². The molecule has 10 heavy (non-hydrogen) atoms. The molecule has 1 aromatic rings. The van der Waals surface area contributed by atoms with E-state index in [2.05, 4.69) is 21.0 Å². The second-order valence-corrected chi connectivity index (χ2v) is 2.37. The molecule has 0 aromatic carbocycles. The largest absolute Gasteiger partial charge is 0.269 e. The van der Waals surface area contributed by atoms with E-state index in [0.717, 1.165) is 6.20 Å². The number of halogens is 1. The van der Waals surface area contributed by atoms with Gasteiger partial charge in [0, 0.05) is 23.2 Å². The van der Waals surface area contributed by atoms with Crippen molar-refractivity contribution in [3.8, 4) is 0 Å². The SMILES string of the molecule is [2H]C([2H])([2H])C([2H])([2H])C([2H])(n1ccc(Br)n1)C([2H])([2H])[2H]. The zero-order valence-corrected chi connectivity index (χ0v) is 6.51. The minimum absolute atomic E-state index is 0.176. The van der Waals surface area contributed by atoms with Crippen molar-refractivity contribution >= 4 is 15.9 Å². The minimum atomic E-state index is -3.32. The summed E-state index contributed by atoms with van der Waals surface area (Å²) in [7, 11) is 0. The molecule has 0 fully saturated rings. The Labute approximate surface area is 82.0 Å². The molecule has 0 saturated heterocycles. The Morgan fingerprint density at radius 1 is 2.20 bits per heavy atom. The van der Waals surface area contributed by atoms with Crippen LogP contribution in [-0.2, 0) is 0 Å². The Kier molecular flexibility index (Phi) is 0.668. The third-order valence-electron chi connectivity index (χ3n) is 0.904. The van der Waals surface area contributed by atoms with E-state index in [1.54, 1.807) is 0 Å². The molecule has 0 aliphatic heterocycles. The second kappa shape index (κ2) is 3.19. The van der Waals surface area contributed by atoms with Crippen molar-refractivity contribution in [2.75, 3.05) is 0 Å². The summed E-state index contributed by atoms with van der Waals surface area (Å²) in [4.78, 5) is 0. The molecule has 0 N–H and O–H groups in total. The maximum atomic E-state index is 7.97. The third kappa shape index (κ3) is 1.59. The third-order valence-corrected chi connectivity index (χ3v) is 1.33. The lowest BCUT2D eigenvalue weighted by Crippen LogP contribution is -2.03. The van der Waals surface area contributed by atoms with Gasteiger partial charge in [0.1, 0.15) is 4.60 Å². The molecule has 0 saturated carbocycles. The highest BCUT2D eigenvalue weighted by Crippen LogP contribution is 2.11. The van der Waals surface area contributed by atoms with Crippen LogP contribution in [-0.4, -0.2) is 9.78 Å². The molecule has 0 amide bonds. The zero-order chi connectivity index (χ0) is 15.3. The van der Waals surface area contributed by atoms with Gasteiger partial charge in [0.2, 0.25) is 0 Å². The highest BCUT2D eigenvalue weighted by Gasteiger charge is 2.01. The lowest BCUT2D eigenvalue weighted by Gasteiger charge is -2.07. The van der Waals surface area contributed by atoms with E-state index in [1.807, 2.05) is 0 Å².